The van der Waals surface area contributed by atoms with Gasteiger partial charge in [-0.2, -0.15) is 15.1 Å². The maximum Gasteiger partial charge on any atom is 0.318 e. The number of fused-ring (bicyclic) bond motifs is 2. The van der Waals surface area contributed by atoms with Crippen LogP contribution in [0.25, 0.3) is 10.9 Å². The Bertz CT molecular complexity index is 1310. The summed E-state index contributed by atoms with van der Waals surface area (Å²) in [6, 6.07) is 2.46. The summed E-state index contributed by atoms with van der Waals surface area (Å²) < 4.78 is 6.02. The molecule has 9 nitrogen and oxygen atoms in total. The number of aromatic nitrogens is 4. The molecule has 0 bridgehead atoms. The van der Waals surface area contributed by atoms with Crippen molar-refractivity contribution in [2.45, 2.75) is 32.1 Å². The number of nitrogens with one attached hydrogen (secondary N) is 1. The van der Waals surface area contributed by atoms with Crippen molar-refractivity contribution in [3.63, 3.8) is 0 Å². The predicted molar refractivity (Wildman–Crippen MR) is 146 cm³/mol. The topological polar surface area (TPSA) is 90.5 Å². The summed E-state index contributed by atoms with van der Waals surface area (Å²) in [5.74, 6) is 1.12. The summed E-state index contributed by atoms with van der Waals surface area (Å²) in [4.78, 5) is 28.0. The summed E-state index contributed by atoms with van der Waals surface area (Å²) in [5.41, 5.74) is 5.38. The average molecular weight is 524 g/mol. The monoisotopic (exact) mass is 523 g/mol. The van der Waals surface area contributed by atoms with Gasteiger partial charge in [0.2, 0.25) is 5.91 Å². The summed E-state index contributed by atoms with van der Waals surface area (Å²) >= 11 is 6.87. The van der Waals surface area contributed by atoms with Crippen LogP contribution in [0.3, 0.4) is 0 Å². The van der Waals surface area contributed by atoms with E-state index in [-0.39, 0.29) is 11.8 Å². The van der Waals surface area contributed by atoms with Crippen molar-refractivity contribution in [1.29, 1.82) is 0 Å². The fourth-order valence-electron chi connectivity index (χ4n) is 5.36. The van der Waals surface area contributed by atoms with Crippen LogP contribution < -0.4 is 9.64 Å². The van der Waals surface area contributed by atoms with E-state index in [1.165, 1.54) is 11.6 Å². The number of hydrogen-bond donors (Lipinski definition) is 1. The SMILES string of the molecule is C=CC(=O)N1CCN(c2nc(OCCN(C)C)nc3c2CCC(c2c(Cl)c(C)cc4[nH]ncc24)C3)CC1. The smallest absolute Gasteiger partial charge is 0.318 e. The first kappa shape index (κ1) is 25.5. The lowest BCUT2D eigenvalue weighted by Crippen LogP contribution is -2.49. The Kier molecular flexibility index (Phi) is 7.35. The van der Waals surface area contributed by atoms with Crippen molar-refractivity contribution in [3.8, 4) is 6.01 Å². The van der Waals surface area contributed by atoms with Crippen LogP contribution in [0.15, 0.2) is 24.9 Å². The Hall–Kier alpha value is -3.17. The highest BCUT2D eigenvalue weighted by Gasteiger charge is 2.31. The minimum Gasteiger partial charge on any atom is -0.462 e. The Balaban J connectivity index is 1.47. The number of hydrogen-bond acceptors (Lipinski definition) is 7. The molecule has 2 aliphatic rings. The van der Waals surface area contributed by atoms with Gasteiger partial charge in [0.1, 0.15) is 12.4 Å². The molecule has 1 saturated heterocycles. The number of carbonyl (C=O) groups is 1. The average Bonchev–Trinajstić information content (AvgIpc) is 3.35. The molecule has 3 aromatic rings. The lowest BCUT2D eigenvalue weighted by Gasteiger charge is -2.37. The van der Waals surface area contributed by atoms with Crippen molar-refractivity contribution in [1.82, 2.24) is 30.0 Å². The molecule has 1 N–H and O–H groups in total. The molecule has 0 spiro atoms. The van der Waals surface area contributed by atoms with Crippen LogP contribution in [-0.4, -0.2) is 89.3 Å². The second-order valence-corrected chi connectivity index (χ2v) is 10.5. The van der Waals surface area contributed by atoms with Crippen LogP contribution in [-0.2, 0) is 17.6 Å². The van der Waals surface area contributed by atoms with Gasteiger partial charge >= 0.3 is 6.01 Å². The van der Waals surface area contributed by atoms with Crippen LogP contribution in [0.4, 0.5) is 5.82 Å². The molecule has 1 amide bonds. The number of halogens is 1. The van der Waals surface area contributed by atoms with Crippen molar-refractivity contribution in [2.24, 2.45) is 0 Å². The molecule has 1 unspecified atom stereocenters. The Morgan fingerprint density at radius 2 is 2.08 bits per heavy atom. The third kappa shape index (κ3) is 5.15. The van der Waals surface area contributed by atoms with Crippen molar-refractivity contribution < 1.29 is 9.53 Å². The lowest BCUT2D eigenvalue weighted by molar-refractivity contribution is -0.126. The van der Waals surface area contributed by atoms with Gasteiger partial charge in [-0.3, -0.25) is 9.89 Å². The van der Waals surface area contributed by atoms with E-state index >= 15 is 0 Å². The molecule has 3 heterocycles. The lowest BCUT2D eigenvalue weighted by atomic mass is 9.80. The normalized spacial score (nSPS) is 17.8. The second-order valence-electron chi connectivity index (χ2n) is 10.1. The first-order chi connectivity index (χ1) is 17.9. The third-order valence-corrected chi connectivity index (χ3v) is 7.88. The number of benzene rings is 1. The molecule has 1 aromatic carbocycles. The number of H-pyrrole nitrogens is 1. The van der Waals surface area contributed by atoms with Gasteiger partial charge < -0.3 is 19.4 Å². The number of ether oxygens (including phenoxy) is 1. The molecule has 1 fully saturated rings. The number of amides is 1. The minimum absolute atomic E-state index is 0.0273. The van der Waals surface area contributed by atoms with E-state index in [9.17, 15) is 4.79 Å². The van der Waals surface area contributed by atoms with Gasteiger partial charge in [-0.25, -0.2) is 0 Å². The van der Waals surface area contributed by atoms with Gasteiger partial charge in [0, 0.05) is 48.7 Å². The van der Waals surface area contributed by atoms with E-state index in [2.05, 4.69) is 32.6 Å². The van der Waals surface area contributed by atoms with Crippen LogP contribution >= 0.6 is 11.6 Å². The van der Waals surface area contributed by atoms with E-state index in [4.69, 9.17) is 26.3 Å². The highest BCUT2D eigenvalue weighted by atomic mass is 35.5. The molecule has 10 heteroatoms. The van der Waals surface area contributed by atoms with Crippen LogP contribution in [0.1, 0.15) is 34.7 Å². The van der Waals surface area contributed by atoms with E-state index < -0.39 is 0 Å². The van der Waals surface area contributed by atoms with E-state index in [0.717, 1.165) is 64.4 Å². The van der Waals surface area contributed by atoms with Gasteiger partial charge in [-0.15, -0.1) is 0 Å². The number of carbonyl (C=O) groups excluding carboxylic acids is 1. The zero-order valence-electron chi connectivity index (χ0n) is 21.8. The van der Waals surface area contributed by atoms with E-state index in [1.807, 2.05) is 32.1 Å². The Morgan fingerprint density at radius 1 is 1.30 bits per heavy atom. The summed E-state index contributed by atoms with van der Waals surface area (Å²) in [6.45, 7) is 9.65. The fraction of sp³-hybridized carbons (Fsp3) is 0.481. The molecule has 1 aliphatic carbocycles. The van der Waals surface area contributed by atoms with Gasteiger partial charge in [0.05, 0.1) is 17.4 Å². The number of likely N-dealkylation sites (N-methyl/N-ethyl adjacent to an activating group) is 1. The highest BCUT2D eigenvalue weighted by Crippen LogP contribution is 2.42. The van der Waals surface area contributed by atoms with E-state index in [0.29, 0.717) is 38.8 Å². The number of nitrogens with zero attached hydrogens (tertiary/aromatic N) is 6. The molecule has 2 aromatic heterocycles. The molecular formula is C27H34ClN7O2. The summed E-state index contributed by atoms with van der Waals surface area (Å²) in [5, 5.41) is 9.25. The van der Waals surface area contributed by atoms with Crippen molar-refractivity contribution in [3.05, 3.63) is 52.3 Å². The van der Waals surface area contributed by atoms with Crippen molar-refractivity contribution in [2.75, 3.05) is 58.3 Å². The first-order valence-electron chi connectivity index (χ1n) is 12.8. The van der Waals surface area contributed by atoms with Crippen molar-refractivity contribution >= 4 is 34.2 Å². The summed E-state index contributed by atoms with van der Waals surface area (Å²) in [7, 11) is 4.03. The van der Waals surface area contributed by atoms with Gasteiger partial charge in [-0.1, -0.05) is 18.2 Å². The van der Waals surface area contributed by atoms with Crippen LogP contribution in [0, 0.1) is 6.92 Å². The molecule has 196 valence electrons. The van der Waals surface area contributed by atoms with Gasteiger partial charge in [0.15, 0.2) is 0 Å². The standard InChI is InChI=1S/C27H34ClN7O2/c1-5-23(36)34-8-10-35(11-9-34)26-19-7-6-18(15-21(19)30-27(31-26)37-13-12-33(3)4)24-20-16-29-32-22(20)14-17(2)25(24)28/h5,14,16,18H,1,6-13,15H2,2-4H3,(H,29,32). The number of rotatable bonds is 7. The van der Waals surface area contributed by atoms with Crippen LogP contribution in [0.5, 0.6) is 6.01 Å². The minimum atomic E-state index is -0.0273. The Labute approximate surface area is 222 Å². The van der Waals surface area contributed by atoms with Gasteiger partial charge in [-0.05, 0) is 69.5 Å². The number of piperazine rings is 1. The highest BCUT2D eigenvalue weighted by molar-refractivity contribution is 6.33. The zero-order chi connectivity index (χ0) is 26.1. The number of aryl methyl sites for hydroxylation is 1. The quantitative estimate of drug-likeness (QED) is 0.475. The Morgan fingerprint density at radius 3 is 2.81 bits per heavy atom. The maximum absolute atomic E-state index is 12.1. The molecule has 37 heavy (non-hydrogen) atoms. The third-order valence-electron chi connectivity index (χ3n) is 7.38. The fourth-order valence-corrected chi connectivity index (χ4v) is 5.67. The summed E-state index contributed by atoms with van der Waals surface area (Å²) in [6.07, 6.45) is 5.81. The largest absolute Gasteiger partial charge is 0.462 e. The maximum atomic E-state index is 12.1. The molecular weight excluding hydrogens is 490 g/mol. The molecule has 0 radical (unpaired) electrons. The molecule has 5 rings (SSSR count). The number of anilines is 1. The molecule has 1 atom stereocenters. The molecule has 1 aliphatic heterocycles. The zero-order valence-corrected chi connectivity index (χ0v) is 22.5. The number of aromatic amines is 1. The predicted octanol–water partition coefficient (Wildman–Crippen LogP) is 3.36. The second kappa shape index (κ2) is 10.7. The first-order valence-corrected chi connectivity index (χ1v) is 13.2. The molecule has 0 saturated carbocycles. The van der Waals surface area contributed by atoms with Gasteiger partial charge in [0.25, 0.3) is 0 Å². The van der Waals surface area contributed by atoms with Crippen LogP contribution in [0.2, 0.25) is 5.02 Å². The van der Waals surface area contributed by atoms with E-state index in [1.54, 1.807) is 0 Å².